The molecule has 1 saturated carbocycles. The van der Waals surface area contributed by atoms with Crippen LogP contribution in [0.3, 0.4) is 0 Å². The Labute approximate surface area is 122 Å². The van der Waals surface area contributed by atoms with Crippen molar-refractivity contribution in [2.24, 2.45) is 5.92 Å². The maximum Gasteiger partial charge on any atom is 0.418 e. The first-order valence-corrected chi connectivity index (χ1v) is 7.41. The van der Waals surface area contributed by atoms with Crippen molar-refractivity contribution in [3.8, 4) is 0 Å². The summed E-state index contributed by atoms with van der Waals surface area (Å²) >= 11 is 0. The molecule has 0 unspecified atom stereocenters. The number of fused-ring (bicyclic) bond motifs is 1. The molecule has 1 aromatic carbocycles. The number of benzene rings is 1. The van der Waals surface area contributed by atoms with Crippen LogP contribution in [0.15, 0.2) is 30.5 Å². The molecule has 112 valence electrons. The molecule has 2 aromatic rings. The first kappa shape index (κ1) is 14.4. The Morgan fingerprint density at radius 2 is 1.95 bits per heavy atom. The number of alkyl halides is 3. The Bertz CT molecular complexity index is 648. The highest BCUT2D eigenvalue weighted by Crippen LogP contribution is 2.41. The van der Waals surface area contributed by atoms with Crippen LogP contribution < -0.4 is 0 Å². The largest absolute Gasteiger partial charge is 0.418 e. The van der Waals surface area contributed by atoms with Gasteiger partial charge in [0.15, 0.2) is 0 Å². The molecule has 0 spiro atoms. The predicted octanol–water partition coefficient (Wildman–Crippen LogP) is 5.55. The maximum atomic E-state index is 13.1. The molecular weight excluding hydrogens is 275 g/mol. The molecule has 1 aromatic heterocycles. The summed E-state index contributed by atoms with van der Waals surface area (Å²) in [5, 5.41) is 0.659. The van der Waals surface area contributed by atoms with E-state index in [9.17, 15) is 13.2 Å². The summed E-state index contributed by atoms with van der Waals surface area (Å²) < 4.78 is 39.3. The van der Waals surface area contributed by atoms with Gasteiger partial charge < -0.3 is 0 Å². The van der Waals surface area contributed by atoms with Crippen LogP contribution in [0.2, 0.25) is 0 Å². The molecule has 1 aliphatic carbocycles. The van der Waals surface area contributed by atoms with Crippen LogP contribution in [0.4, 0.5) is 13.2 Å². The lowest BCUT2D eigenvalue weighted by atomic mass is 9.77. The highest BCUT2D eigenvalue weighted by atomic mass is 19.4. The first-order chi connectivity index (χ1) is 9.97. The molecule has 0 aliphatic heterocycles. The third-order valence-electron chi connectivity index (χ3n) is 4.49. The lowest BCUT2D eigenvalue weighted by Gasteiger charge is -2.28. The van der Waals surface area contributed by atoms with Crippen LogP contribution in [0.5, 0.6) is 0 Å². The Morgan fingerprint density at radius 1 is 1.14 bits per heavy atom. The fourth-order valence-electron chi connectivity index (χ4n) is 3.50. The zero-order valence-corrected chi connectivity index (χ0v) is 12.0. The zero-order valence-electron chi connectivity index (χ0n) is 12.0. The van der Waals surface area contributed by atoms with Crippen molar-refractivity contribution in [3.63, 3.8) is 0 Å². The fraction of sp³-hybridized carbons (Fsp3) is 0.471. The van der Waals surface area contributed by atoms with E-state index >= 15 is 0 Å². The molecule has 3 rings (SSSR count). The number of hydrogen-bond acceptors (Lipinski definition) is 1. The minimum Gasteiger partial charge on any atom is -0.256 e. The van der Waals surface area contributed by atoms with E-state index in [2.05, 4.69) is 11.9 Å². The molecule has 0 N–H and O–H groups in total. The second-order valence-corrected chi connectivity index (χ2v) is 6.07. The molecule has 0 bridgehead atoms. The van der Waals surface area contributed by atoms with E-state index in [0.717, 1.165) is 24.8 Å². The normalized spacial score (nSPS) is 23.4. The molecule has 1 aliphatic rings. The topological polar surface area (TPSA) is 12.9 Å². The number of rotatable bonds is 1. The van der Waals surface area contributed by atoms with Gasteiger partial charge in [0.2, 0.25) is 0 Å². The van der Waals surface area contributed by atoms with E-state index in [1.165, 1.54) is 18.7 Å². The SMILES string of the molecule is C[C@@H]1CCC[C@@H](c2ccc(C(F)(F)F)c3ncccc23)C1. The van der Waals surface area contributed by atoms with E-state index in [4.69, 9.17) is 0 Å². The van der Waals surface area contributed by atoms with Crippen LogP contribution in [-0.4, -0.2) is 4.98 Å². The van der Waals surface area contributed by atoms with E-state index in [-0.39, 0.29) is 5.52 Å². The van der Waals surface area contributed by atoms with Crippen molar-refractivity contribution < 1.29 is 13.2 Å². The summed E-state index contributed by atoms with van der Waals surface area (Å²) in [6.07, 6.45) is 1.55. The number of hydrogen-bond donors (Lipinski definition) is 0. The van der Waals surface area contributed by atoms with Crippen LogP contribution in [0, 0.1) is 5.92 Å². The van der Waals surface area contributed by atoms with Crippen molar-refractivity contribution in [1.29, 1.82) is 0 Å². The average Bonchev–Trinajstić information content (AvgIpc) is 2.45. The summed E-state index contributed by atoms with van der Waals surface area (Å²) in [5.74, 6) is 0.987. The van der Waals surface area contributed by atoms with Crippen molar-refractivity contribution in [3.05, 3.63) is 41.6 Å². The van der Waals surface area contributed by atoms with Crippen molar-refractivity contribution >= 4 is 10.9 Å². The second kappa shape index (κ2) is 5.32. The van der Waals surface area contributed by atoms with E-state index in [1.807, 2.05) is 0 Å². The fourth-order valence-corrected chi connectivity index (χ4v) is 3.50. The van der Waals surface area contributed by atoms with Gasteiger partial charge in [0.25, 0.3) is 0 Å². The minimum atomic E-state index is -4.36. The van der Waals surface area contributed by atoms with Gasteiger partial charge in [-0.25, -0.2) is 0 Å². The molecule has 21 heavy (non-hydrogen) atoms. The quantitative estimate of drug-likeness (QED) is 0.672. The van der Waals surface area contributed by atoms with Crippen LogP contribution in [0.1, 0.15) is 49.7 Å². The zero-order chi connectivity index (χ0) is 15.0. The summed E-state index contributed by atoms with van der Waals surface area (Å²) in [5.41, 5.74) is 0.476. The van der Waals surface area contributed by atoms with Gasteiger partial charge in [-0.05, 0) is 42.4 Å². The number of pyridine rings is 1. The van der Waals surface area contributed by atoms with Crippen molar-refractivity contribution in [2.75, 3.05) is 0 Å². The summed E-state index contributed by atoms with van der Waals surface area (Å²) in [6.45, 7) is 2.22. The number of nitrogens with zero attached hydrogens (tertiary/aromatic N) is 1. The summed E-state index contributed by atoms with van der Waals surface area (Å²) in [4.78, 5) is 4.00. The highest BCUT2D eigenvalue weighted by molar-refractivity contribution is 5.86. The molecule has 2 atom stereocenters. The lowest BCUT2D eigenvalue weighted by Crippen LogP contribution is -2.13. The summed E-state index contributed by atoms with van der Waals surface area (Å²) in [6, 6.07) is 6.35. The third-order valence-corrected chi connectivity index (χ3v) is 4.49. The van der Waals surface area contributed by atoms with Gasteiger partial charge in [-0.3, -0.25) is 4.98 Å². The standard InChI is InChI=1S/C17H18F3N/c1-11-4-2-5-12(10-11)13-7-8-15(17(18,19)20)16-14(13)6-3-9-21-16/h3,6-9,11-12H,2,4-5,10H2,1H3/t11-,12-/m1/s1. The highest BCUT2D eigenvalue weighted by Gasteiger charge is 2.34. The monoisotopic (exact) mass is 293 g/mol. The van der Waals surface area contributed by atoms with Gasteiger partial charge in [-0.2, -0.15) is 13.2 Å². The predicted molar refractivity (Wildman–Crippen MR) is 77.1 cm³/mol. The summed E-state index contributed by atoms with van der Waals surface area (Å²) in [7, 11) is 0. The Hall–Kier alpha value is -1.58. The van der Waals surface area contributed by atoms with Gasteiger partial charge in [0.05, 0.1) is 11.1 Å². The number of aromatic nitrogens is 1. The van der Waals surface area contributed by atoms with Gasteiger partial charge in [-0.15, -0.1) is 0 Å². The van der Waals surface area contributed by atoms with Crippen molar-refractivity contribution in [2.45, 2.75) is 44.7 Å². The Morgan fingerprint density at radius 3 is 2.67 bits per heavy atom. The number of halogens is 3. The molecular formula is C17H18F3N. The van der Waals surface area contributed by atoms with Gasteiger partial charge >= 0.3 is 6.18 Å². The molecule has 1 fully saturated rings. The van der Waals surface area contributed by atoms with Gasteiger partial charge in [-0.1, -0.05) is 31.9 Å². The van der Waals surface area contributed by atoms with Crippen LogP contribution in [-0.2, 0) is 6.18 Å². The van der Waals surface area contributed by atoms with Crippen LogP contribution >= 0.6 is 0 Å². The molecule has 1 heterocycles. The lowest BCUT2D eigenvalue weighted by molar-refractivity contribution is -0.136. The molecule has 4 heteroatoms. The molecule has 0 saturated heterocycles. The molecule has 0 radical (unpaired) electrons. The van der Waals surface area contributed by atoms with Crippen LogP contribution in [0.25, 0.3) is 10.9 Å². The van der Waals surface area contributed by atoms with E-state index in [0.29, 0.717) is 17.2 Å². The van der Waals surface area contributed by atoms with Gasteiger partial charge in [0.1, 0.15) is 0 Å². The second-order valence-electron chi connectivity index (χ2n) is 6.07. The molecule has 1 nitrogen and oxygen atoms in total. The van der Waals surface area contributed by atoms with Crippen molar-refractivity contribution in [1.82, 2.24) is 4.98 Å². The van der Waals surface area contributed by atoms with E-state index in [1.54, 1.807) is 18.2 Å². The Kier molecular flexibility index (Phi) is 3.64. The first-order valence-electron chi connectivity index (χ1n) is 7.41. The maximum absolute atomic E-state index is 13.1. The molecule has 0 amide bonds. The Balaban J connectivity index is 2.13. The smallest absolute Gasteiger partial charge is 0.256 e. The minimum absolute atomic E-state index is 0.0840. The van der Waals surface area contributed by atoms with E-state index < -0.39 is 11.7 Å². The third kappa shape index (κ3) is 2.76. The van der Waals surface area contributed by atoms with Gasteiger partial charge in [0, 0.05) is 11.6 Å². The average molecular weight is 293 g/mol.